The Hall–Kier alpha value is -2.83. The van der Waals surface area contributed by atoms with Crippen molar-refractivity contribution in [1.29, 1.82) is 0 Å². The number of aromatic nitrogens is 2. The molecule has 0 radical (unpaired) electrons. The first-order chi connectivity index (χ1) is 11.7. The molecule has 0 bridgehead atoms. The normalized spacial score (nSPS) is 19.3. The van der Waals surface area contributed by atoms with E-state index in [1.165, 1.54) is 6.20 Å². The summed E-state index contributed by atoms with van der Waals surface area (Å²) in [5.41, 5.74) is 0.805. The molecular formula is C17H17N3O4. The highest BCUT2D eigenvalue weighted by Crippen LogP contribution is 2.37. The van der Waals surface area contributed by atoms with Crippen LogP contribution in [0.3, 0.4) is 0 Å². The molecule has 1 N–H and O–H groups in total. The molecule has 0 unspecified atom stereocenters. The summed E-state index contributed by atoms with van der Waals surface area (Å²) in [6.07, 6.45) is 3.15. The molecule has 2 aliphatic heterocycles. The molecule has 1 fully saturated rings. The van der Waals surface area contributed by atoms with Gasteiger partial charge < -0.3 is 19.4 Å². The summed E-state index contributed by atoms with van der Waals surface area (Å²) in [6.45, 7) is 1.55. The van der Waals surface area contributed by atoms with Crippen LogP contribution in [0.2, 0.25) is 0 Å². The molecular weight excluding hydrogens is 310 g/mol. The number of carbonyl (C=O) groups is 1. The maximum atomic E-state index is 13.1. The van der Waals surface area contributed by atoms with E-state index in [9.17, 15) is 9.59 Å². The van der Waals surface area contributed by atoms with Crippen LogP contribution in [0.15, 0.2) is 35.3 Å². The van der Waals surface area contributed by atoms with E-state index in [2.05, 4.69) is 9.97 Å². The van der Waals surface area contributed by atoms with E-state index in [0.29, 0.717) is 42.5 Å². The van der Waals surface area contributed by atoms with Gasteiger partial charge >= 0.3 is 5.69 Å². The fraction of sp³-hybridized carbons (Fsp3) is 0.353. The predicted molar refractivity (Wildman–Crippen MR) is 85.3 cm³/mol. The van der Waals surface area contributed by atoms with Gasteiger partial charge in [-0.3, -0.25) is 4.79 Å². The average molecular weight is 327 g/mol. The molecule has 0 spiro atoms. The van der Waals surface area contributed by atoms with Gasteiger partial charge in [0, 0.05) is 18.4 Å². The predicted octanol–water partition coefficient (Wildman–Crippen LogP) is 1.52. The minimum atomic E-state index is -0.402. The van der Waals surface area contributed by atoms with Crippen LogP contribution < -0.4 is 15.2 Å². The number of hydrogen-bond donors (Lipinski definition) is 1. The van der Waals surface area contributed by atoms with Crippen LogP contribution in [0.25, 0.3) is 0 Å². The molecule has 1 saturated heterocycles. The summed E-state index contributed by atoms with van der Waals surface area (Å²) < 4.78 is 11.2. The molecule has 2 aliphatic rings. The summed E-state index contributed by atoms with van der Waals surface area (Å²) in [7, 11) is 0. The van der Waals surface area contributed by atoms with E-state index in [0.717, 1.165) is 12.8 Å². The van der Waals surface area contributed by atoms with Crippen molar-refractivity contribution in [3.63, 3.8) is 0 Å². The summed E-state index contributed by atoms with van der Waals surface area (Å²) in [6, 6.07) is 6.93. The zero-order chi connectivity index (χ0) is 16.5. The van der Waals surface area contributed by atoms with Crippen molar-refractivity contribution in [1.82, 2.24) is 14.9 Å². The lowest BCUT2D eigenvalue weighted by atomic mass is 10.1. The fourth-order valence-corrected chi connectivity index (χ4v) is 3.31. The molecule has 124 valence electrons. The highest BCUT2D eigenvalue weighted by atomic mass is 16.6. The van der Waals surface area contributed by atoms with Gasteiger partial charge in [-0.15, -0.1) is 0 Å². The number of para-hydroxylation sites is 1. The first-order valence-corrected chi connectivity index (χ1v) is 7.99. The molecule has 0 saturated carbocycles. The second kappa shape index (κ2) is 5.99. The number of nitrogens with one attached hydrogen (secondary N) is 1. The second-order valence-electron chi connectivity index (χ2n) is 5.82. The van der Waals surface area contributed by atoms with Crippen LogP contribution in [0.4, 0.5) is 0 Å². The van der Waals surface area contributed by atoms with Gasteiger partial charge in [0.15, 0.2) is 11.5 Å². The zero-order valence-corrected chi connectivity index (χ0v) is 13.0. The SMILES string of the molecule is O=C(c1cccc2c1OCCO2)N1CCC[C@H]1c1ccnc(=O)[nH]1. The van der Waals surface area contributed by atoms with Gasteiger partial charge in [0.1, 0.15) is 13.2 Å². The highest BCUT2D eigenvalue weighted by molar-refractivity contribution is 5.98. The van der Waals surface area contributed by atoms with Gasteiger partial charge in [0.2, 0.25) is 0 Å². The number of ether oxygens (including phenoxy) is 2. The Morgan fingerprint density at radius 1 is 1.25 bits per heavy atom. The van der Waals surface area contributed by atoms with Gasteiger partial charge in [0.05, 0.1) is 11.6 Å². The molecule has 1 atom stereocenters. The minimum absolute atomic E-state index is 0.113. The topological polar surface area (TPSA) is 84.5 Å². The molecule has 1 aromatic carbocycles. The maximum absolute atomic E-state index is 13.1. The van der Waals surface area contributed by atoms with Crippen LogP contribution in [-0.4, -0.2) is 40.5 Å². The molecule has 4 rings (SSSR count). The third-order valence-corrected chi connectivity index (χ3v) is 4.37. The summed E-state index contributed by atoms with van der Waals surface area (Å²) in [4.78, 5) is 32.7. The molecule has 7 nitrogen and oxygen atoms in total. The second-order valence-corrected chi connectivity index (χ2v) is 5.82. The van der Waals surface area contributed by atoms with Crippen LogP contribution in [-0.2, 0) is 0 Å². The number of aromatic amines is 1. The van der Waals surface area contributed by atoms with Gasteiger partial charge in [-0.1, -0.05) is 6.07 Å². The molecule has 1 amide bonds. The number of carbonyl (C=O) groups excluding carboxylic acids is 1. The van der Waals surface area contributed by atoms with Crippen molar-refractivity contribution in [2.45, 2.75) is 18.9 Å². The largest absolute Gasteiger partial charge is 0.486 e. The standard InChI is InChI=1S/C17H17N3O4/c21-16(11-3-1-5-14-15(11)24-10-9-23-14)20-8-2-4-13(20)12-6-7-18-17(22)19-12/h1,3,5-7,13H,2,4,8-10H2,(H,18,19,22)/t13-/m0/s1. The van der Waals surface area contributed by atoms with E-state index in [1.807, 2.05) is 0 Å². The molecule has 24 heavy (non-hydrogen) atoms. The average Bonchev–Trinajstić information content (AvgIpc) is 3.10. The van der Waals surface area contributed by atoms with E-state index < -0.39 is 5.69 Å². The zero-order valence-electron chi connectivity index (χ0n) is 13.0. The van der Waals surface area contributed by atoms with E-state index in [4.69, 9.17) is 9.47 Å². The van der Waals surface area contributed by atoms with Gasteiger partial charge in [-0.05, 0) is 31.0 Å². The lowest BCUT2D eigenvalue weighted by Gasteiger charge is -2.27. The van der Waals surface area contributed by atoms with Crippen LogP contribution in [0.1, 0.15) is 34.9 Å². The quantitative estimate of drug-likeness (QED) is 0.904. The number of likely N-dealkylation sites (tertiary alicyclic amines) is 1. The van der Waals surface area contributed by atoms with E-state index >= 15 is 0 Å². The Kier molecular flexibility index (Phi) is 3.68. The van der Waals surface area contributed by atoms with E-state index in [1.54, 1.807) is 29.2 Å². The highest BCUT2D eigenvalue weighted by Gasteiger charge is 2.33. The number of hydrogen-bond acceptors (Lipinski definition) is 5. The van der Waals surface area contributed by atoms with Gasteiger partial charge in [-0.25, -0.2) is 9.78 Å². The summed E-state index contributed by atoms with van der Waals surface area (Å²) >= 11 is 0. The maximum Gasteiger partial charge on any atom is 0.345 e. The van der Waals surface area contributed by atoms with Crippen molar-refractivity contribution in [2.24, 2.45) is 0 Å². The van der Waals surface area contributed by atoms with E-state index in [-0.39, 0.29) is 11.9 Å². The molecule has 1 aromatic heterocycles. The van der Waals surface area contributed by atoms with Crippen molar-refractivity contribution < 1.29 is 14.3 Å². The van der Waals surface area contributed by atoms with Gasteiger partial charge in [0.25, 0.3) is 5.91 Å². The lowest BCUT2D eigenvalue weighted by molar-refractivity contribution is 0.0722. The van der Waals surface area contributed by atoms with Gasteiger partial charge in [-0.2, -0.15) is 0 Å². The molecule has 3 heterocycles. The van der Waals surface area contributed by atoms with Crippen LogP contribution in [0.5, 0.6) is 11.5 Å². The Morgan fingerprint density at radius 2 is 2.12 bits per heavy atom. The monoisotopic (exact) mass is 327 g/mol. The number of nitrogens with zero attached hydrogens (tertiary/aromatic N) is 2. The third-order valence-electron chi connectivity index (χ3n) is 4.37. The number of rotatable bonds is 2. The number of benzene rings is 1. The smallest absolute Gasteiger partial charge is 0.345 e. The summed E-state index contributed by atoms with van der Waals surface area (Å²) in [5.74, 6) is 0.986. The van der Waals surface area contributed by atoms with Crippen LogP contribution in [0, 0.1) is 0 Å². The first kappa shape index (κ1) is 14.7. The Labute approximate surface area is 138 Å². The van der Waals surface area contributed by atoms with Crippen LogP contribution >= 0.6 is 0 Å². The fourth-order valence-electron chi connectivity index (χ4n) is 3.31. The van der Waals surface area contributed by atoms with Crippen molar-refractivity contribution in [2.75, 3.05) is 19.8 Å². The number of fused-ring (bicyclic) bond motifs is 1. The van der Waals surface area contributed by atoms with Crippen molar-refractivity contribution >= 4 is 5.91 Å². The number of H-pyrrole nitrogens is 1. The molecule has 0 aliphatic carbocycles. The minimum Gasteiger partial charge on any atom is -0.486 e. The first-order valence-electron chi connectivity index (χ1n) is 7.99. The number of amides is 1. The lowest BCUT2D eigenvalue weighted by Crippen LogP contribution is -2.32. The van der Waals surface area contributed by atoms with Crippen molar-refractivity contribution in [3.8, 4) is 11.5 Å². The molecule has 2 aromatic rings. The Balaban J connectivity index is 1.68. The molecule has 7 heteroatoms. The summed E-state index contributed by atoms with van der Waals surface area (Å²) in [5, 5.41) is 0. The van der Waals surface area contributed by atoms with Crippen molar-refractivity contribution in [3.05, 3.63) is 52.2 Å². The Bertz CT molecular complexity index is 833. The third kappa shape index (κ3) is 2.51. The Morgan fingerprint density at radius 3 is 3.00 bits per heavy atom.